The van der Waals surface area contributed by atoms with Gasteiger partial charge in [-0.05, 0) is 30.7 Å². The molecule has 0 spiro atoms. The fraction of sp³-hybridized carbons (Fsp3) is 0.500. The Hall–Kier alpha value is -1.83. The second kappa shape index (κ2) is 9.98. The van der Waals surface area contributed by atoms with E-state index < -0.39 is 0 Å². The van der Waals surface area contributed by atoms with Gasteiger partial charge in [-0.1, -0.05) is 5.16 Å². The molecular weight excluding hydrogens is 274 g/mol. The third-order valence-corrected chi connectivity index (χ3v) is 2.91. The van der Waals surface area contributed by atoms with Gasteiger partial charge in [0.2, 0.25) is 0 Å². The monoisotopic (exact) mass is 297 g/mol. The van der Waals surface area contributed by atoms with E-state index in [4.69, 9.17) is 25.5 Å². The number of rotatable bonds is 10. The van der Waals surface area contributed by atoms with Crippen LogP contribution in [0.5, 0.6) is 5.75 Å². The van der Waals surface area contributed by atoms with Crippen LogP contribution in [0.15, 0.2) is 29.4 Å². The summed E-state index contributed by atoms with van der Waals surface area (Å²) in [6, 6.07) is 7.07. The average Bonchev–Trinajstić information content (AvgIpc) is 2.51. The molecule has 1 aromatic carbocycles. The van der Waals surface area contributed by atoms with Crippen LogP contribution < -0.4 is 15.8 Å². The number of nitrogens with zero attached hydrogens (tertiary/aromatic N) is 1. The van der Waals surface area contributed by atoms with E-state index in [0.717, 1.165) is 0 Å². The number of methoxy groups -OCH3 is 1. The zero-order valence-corrected chi connectivity index (χ0v) is 12.2. The van der Waals surface area contributed by atoms with Crippen molar-refractivity contribution in [1.82, 2.24) is 5.32 Å². The summed E-state index contributed by atoms with van der Waals surface area (Å²) in [7, 11) is 1.63. The minimum atomic E-state index is 0.0645. The first-order valence-corrected chi connectivity index (χ1v) is 6.75. The maximum atomic E-state index is 8.92. The van der Waals surface area contributed by atoms with E-state index in [9.17, 15) is 0 Å². The van der Waals surface area contributed by atoms with Crippen molar-refractivity contribution in [3.8, 4) is 5.75 Å². The standard InChI is InChI=1S/C14H23N3O4/c1-20-10-12(6-8-18)16-7-9-21-13-4-2-11(3-5-13)14(15)17-19/h2-5,12,16,18-19H,6-10H2,1H3,(H2,15,17). The molecule has 0 radical (unpaired) electrons. The van der Waals surface area contributed by atoms with Gasteiger partial charge in [0.05, 0.1) is 6.61 Å². The van der Waals surface area contributed by atoms with Gasteiger partial charge < -0.3 is 30.8 Å². The second-order valence-corrected chi connectivity index (χ2v) is 4.48. The van der Waals surface area contributed by atoms with Crippen LogP contribution in [0.25, 0.3) is 0 Å². The molecule has 0 aliphatic carbocycles. The summed E-state index contributed by atoms with van der Waals surface area (Å²) in [5.74, 6) is 0.770. The van der Waals surface area contributed by atoms with Crippen LogP contribution in [-0.2, 0) is 4.74 Å². The molecule has 0 amide bonds. The van der Waals surface area contributed by atoms with Gasteiger partial charge in [0, 0.05) is 31.9 Å². The fourth-order valence-corrected chi connectivity index (χ4v) is 1.81. The van der Waals surface area contributed by atoms with Gasteiger partial charge in [0.1, 0.15) is 12.4 Å². The largest absolute Gasteiger partial charge is 0.492 e. The van der Waals surface area contributed by atoms with E-state index in [1.165, 1.54) is 0 Å². The summed E-state index contributed by atoms with van der Waals surface area (Å²) < 4.78 is 10.6. The zero-order chi connectivity index (χ0) is 15.5. The van der Waals surface area contributed by atoms with Crippen molar-refractivity contribution in [2.24, 2.45) is 10.9 Å². The molecule has 21 heavy (non-hydrogen) atoms. The number of amidine groups is 1. The molecule has 0 bridgehead atoms. The lowest BCUT2D eigenvalue weighted by Crippen LogP contribution is -2.36. The van der Waals surface area contributed by atoms with Crippen LogP contribution in [0.4, 0.5) is 0 Å². The number of hydrogen-bond donors (Lipinski definition) is 4. The van der Waals surface area contributed by atoms with Crippen LogP contribution in [0.1, 0.15) is 12.0 Å². The first kappa shape index (κ1) is 17.2. The third-order valence-electron chi connectivity index (χ3n) is 2.91. The minimum Gasteiger partial charge on any atom is -0.492 e. The predicted molar refractivity (Wildman–Crippen MR) is 79.8 cm³/mol. The lowest BCUT2D eigenvalue weighted by molar-refractivity contribution is 0.145. The van der Waals surface area contributed by atoms with E-state index in [-0.39, 0.29) is 18.5 Å². The van der Waals surface area contributed by atoms with Crippen molar-refractivity contribution in [1.29, 1.82) is 0 Å². The maximum Gasteiger partial charge on any atom is 0.170 e. The number of nitrogens with two attached hydrogens (primary N) is 1. The second-order valence-electron chi connectivity index (χ2n) is 4.48. The van der Waals surface area contributed by atoms with E-state index in [1.807, 2.05) is 0 Å². The molecule has 5 N–H and O–H groups in total. The van der Waals surface area contributed by atoms with Crippen molar-refractivity contribution < 1.29 is 19.8 Å². The van der Waals surface area contributed by atoms with Gasteiger partial charge in [-0.25, -0.2) is 0 Å². The van der Waals surface area contributed by atoms with Crippen LogP contribution in [0.3, 0.4) is 0 Å². The SMILES string of the molecule is COCC(CCO)NCCOc1ccc(/C(N)=N/O)cc1. The molecule has 0 aliphatic heterocycles. The summed E-state index contributed by atoms with van der Waals surface area (Å²) in [6.07, 6.45) is 0.641. The van der Waals surface area contributed by atoms with Crippen molar-refractivity contribution in [3.05, 3.63) is 29.8 Å². The molecule has 1 unspecified atom stereocenters. The molecule has 0 fully saturated rings. The van der Waals surface area contributed by atoms with Gasteiger partial charge in [-0.15, -0.1) is 0 Å². The molecule has 0 aromatic heterocycles. The Kier molecular flexibility index (Phi) is 8.18. The quantitative estimate of drug-likeness (QED) is 0.161. The number of benzene rings is 1. The Morgan fingerprint density at radius 1 is 1.38 bits per heavy atom. The third kappa shape index (κ3) is 6.44. The van der Waals surface area contributed by atoms with Gasteiger partial charge in [-0.2, -0.15) is 0 Å². The average molecular weight is 297 g/mol. The molecule has 0 saturated carbocycles. The summed E-state index contributed by atoms with van der Waals surface area (Å²) >= 11 is 0. The number of hydrogen-bond acceptors (Lipinski definition) is 6. The molecule has 0 aliphatic rings. The van der Waals surface area contributed by atoms with Gasteiger partial charge in [-0.3, -0.25) is 0 Å². The topological polar surface area (TPSA) is 109 Å². The fourth-order valence-electron chi connectivity index (χ4n) is 1.81. The molecule has 7 heteroatoms. The zero-order valence-electron chi connectivity index (χ0n) is 12.2. The molecule has 7 nitrogen and oxygen atoms in total. The minimum absolute atomic E-state index is 0.0645. The Morgan fingerprint density at radius 2 is 2.10 bits per heavy atom. The van der Waals surface area contributed by atoms with Crippen molar-refractivity contribution in [2.75, 3.05) is 33.5 Å². The van der Waals surface area contributed by atoms with E-state index >= 15 is 0 Å². The smallest absolute Gasteiger partial charge is 0.170 e. The molecule has 0 heterocycles. The Bertz CT molecular complexity index is 417. The Morgan fingerprint density at radius 3 is 2.67 bits per heavy atom. The number of aliphatic hydroxyl groups excluding tert-OH is 1. The highest BCUT2D eigenvalue weighted by Gasteiger charge is 2.06. The highest BCUT2D eigenvalue weighted by Crippen LogP contribution is 2.11. The molecule has 118 valence electrons. The number of ether oxygens (including phenoxy) is 2. The highest BCUT2D eigenvalue weighted by molar-refractivity contribution is 5.97. The normalized spacial score (nSPS) is 13.1. The van der Waals surface area contributed by atoms with Crippen molar-refractivity contribution in [2.45, 2.75) is 12.5 Å². The maximum absolute atomic E-state index is 8.92. The van der Waals surface area contributed by atoms with Gasteiger partial charge in [0.15, 0.2) is 5.84 Å². The Balaban J connectivity index is 2.32. The molecule has 1 aromatic rings. The summed E-state index contributed by atoms with van der Waals surface area (Å²) in [5.41, 5.74) is 6.10. The highest BCUT2D eigenvalue weighted by atomic mass is 16.5. The van der Waals surface area contributed by atoms with Crippen molar-refractivity contribution in [3.63, 3.8) is 0 Å². The van der Waals surface area contributed by atoms with Crippen LogP contribution in [-0.4, -0.2) is 55.7 Å². The number of oxime groups is 1. The van der Waals surface area contributed by atoms with Crippen molar-refractivity contribution >= 4 is 5.84 Å². The number of nitrogens with one attached hydrogen (secondary N) is 1. The lowest BCUT2D eigenvalue weighted by atomic mass is 10.2. The summed E-state index contributed by atoms with van der Waals surface area (Å²) in [4.78, 5) is 0. The first-order valence-electron chi connectivity index (χ1n) is 6.75. The van der Waals surface area contributed by atoms with Gasteiger partial charge >= 0.3 is 0 Å². The van der Waals surface area contributed by atoms with E-state index in [2.05, 4.69) is 10.5 Å². The van der Waals surface area contributed by atoms with Crippen LogP contribution >= 0.6 is 0 Å². The lowest BCUT2D eigenvalue weighted by Gasteiger charge is -2.17. The number of aliphatic hydroxyl groups is 1. The van der Waals surface area contributed by atoms with Crippen LogP contribution in [0, 0.1) is 0 Å². The molecule has 1 rings (SSSR count). The summed E-state index contributed by atoms with van der Waals surface area (Å²) in [6.45, 7) is 1.82. The Labute approximate surface area is 124 Å². The molecule has 0 saturated heterocycles. The first-order chi connectivity index (χ1) is 10.2. The van der Waals surface area contributed by atoms with E-state index in [1.54, 1.807) is 31.4 Å². The predicted octanol–water partition coefficient (Wildman–Crippen LogP) is 0.147. The van der Waals surface area contributed by atoms with E-state index in [0.29, 0.717) is 37.5 Å². The van der Waals surface area contributed by atoms with Gasteiger partial charge in [0.25, 0.3) is 0 Å². The van der Waals surface area contributed by atoms with Crippen LogP contribution in [0.2, 0.25) is 0 Å². The summed E-state index contributed by atoms with van der Waals surface area (Å²) in [5, 5.41) is 23.7. The molecule has 1 atom stereocenters. The molecular formula is C14H23N3O4.